The third-order valence-electron chi connectivity index (χ3n) is 12.8. The number of likely N-dealkylation sites (tertiary alicyclic amines) is 1. The van der Waals surface area contributed by atoms with Gasteiger partial charge in [-0.2, -0.15) is 17.0 Å². The van der Waals surface area contributed by atoms with Crippen LogP contribution in [0.4, 0.5) is 9.18 Å². The second-order valence-electron chi connectivity index (χ2n) is 18.0. The van der Waals surface area contributed by atoms with Crippen molar-refractivity contribution >= 4 is 41.4 Å². The molecule has 5 heterocycles. The van der Waals surface area contributed by atoms with Crippen LogP contribution in [0.25, 0.3) is 0 Å². The number of benzene rings is 2. The minimum Gasteiger partial charge on any atom is -0.379 e. The number of amides is 6. The minimum absolute atomic E-state index is 0.0145. The number of rotatable bonds is 22. The molecule has 0 spiro atoms. The zero-order chi connectivity index (χ0) is 49.1. The maximum absolute atomic E-state index is 13.8. The third kappa shape index (κ3) is 16.0. The predicted octanol–water partition coefficient (Wildman–Crippen LogP) is 3.18. The highest BCUT2D eigenvalue weighted by Gasteiger charge is 2.42. The van der Waals surface area contributed by atoms with Crippen molar-refractivity contribution < 1.29 is 37.8 Å². The Morgan fingerprint density at radius 1 is 0.843 bits per heavy atom. The van der Waals surface area contributed by atoms with Gasteiger partial charge in [-0.25, -0.2) is 14.2 Å². The molecule has 3 atom stereocenters. The number of carbonyl (C=O) groups is 5. The number of aromatic nitrogens is 1. The molecule has 5 N–H and O–H groups in total. The summed E-state index contributed by atoms with van der Waals surface area (Å²) in [4.78, 5) is 74.6. The Morgan fingerprint density at radius 3 is 2.30 bits per heavy atom. The molecule has 4 saturated heterocycles. The molecule has 3 aromatic rings. The Hall–Kier alpha value is -6.09. The highest BCUT2D eigenvalue weighted by Crippen LogP contribution is 2.33. The zero-order valence-corrected chi connectivity index (χ0v) is 40.3. The number of halogens is 1. The van der Waals surface area contributed by atoms with Crippen LogP contribution in [0.2, 0.25) is 0 Å². The highest BCUT2D eigenvalue weighted by molar-refractivity contribution is 8.00. The lowest BCUT2D eigenvalue weighted by molar-refractivity contribution is -0.126. The van der Waals surface area contributed by atoms with Crippen LogP contribution in [0.15, 0.2) is 60.8 Å². The number of fused-ring (bicyclic) bond motifs is 1. The molecular weight excluding hydrogens is 916 g/mol. The Balaban J connectivity index is 0.813. The molecular formula is C51H63FN10O7S. The maximum Gasteiger partial charge on any atom is 0.315 e. The maximum atomic E-state index is 13.8. The van der Waals surface area contributed by atoms with E-state index in [1.807, 2.05) is 36.0 Å². The first-order valence-corrected chi connectivity index (χ1v) is 25.3. The number of hydrogen-bond donors (Lipinski definition) is 5. The van der Waals surface area contributed by atoms with Crippen molar-refractivity contribution in [3.05, 3.63) is 100 Å². The van der Waals surface area contributed by atoms with Gasteiger partial charge >= 0.3 is 6.03 Å². The molecule has 7 rings (SSSR count). The smallest absolute Gasteiger partial charge is 0.315 e. The summed E-state index contributed by atoms with van der Waals surface area (Å²) in [6, 6.07) is 17.9. The molecule has 0 saturated carbocycles. The summed E-state index contributed by atoms with van der Waals surface area (Å²) >= 11 is 1.88. The monoisotopic (exact) mass is 978 g/mol. The van der Waals surface area contributed by atoms with Gasteiger partial charge in [-0.3, -0.25) is 29.0 Å². The molecule has 1 aromatic heterocycles. The third-order valence-corrected chi connectivity index (χ3v) is 14.3. The van der Waals surface area contributed by atoms with E-state index in [-0.39, 0.29) is 85.3 Å². The molecule has 0 aliphatic carbocycles. The molecule has 0 radical (unpaired) electrons. The first-order chi connectivity index (χ1) is 34.1. The highest BCUT2D eigenvalue weighted by atomic mass is 32.2. The number of pyridine rings is 1. The minimum atomic E-state index is -0.396. The normalized spacial score (nSPS) is 19.2. The molecule has 4 aliphatic rings. The number of unbranched alkanes of at least 4 members (excludes halogenated alkanes) is 1. The first kappa shape index (κ1) is 51.8. The van der Waals surface area contributed by atoms with Crippen LogP contribution < -0.4 is 26.6 Å². The summed E-state index contributed by atoms with van der Waals surface area (Å²) in [5.41, 5.74) is 3.39. The van der Waals surface area contributed by atoms with Gasteiger partial charge in [0.05, 0.1) is 54.6 Å². The summed E-state index contributed by atoms with van der Waals surface area (Å²) in [6.07, 6.45) is 6.71. The van der Waals surface area contributed by atoms with E-state index in [0.717, 1.165) is 68.6 Å². The molecule has 2 aromatic carbocycles. The van der Waals surface area contributed by atoms with Crippen molar-refractivity contribution in [2.45, 2.75) is 81.4 Å². The van der Waals surface area contributed by atoms with Crippen molar-refractivity contribution in [1.82, 2.24) is 46.3 Å². The molecule has 4 aliphatic heterocycles. The fraction of sp³-hybridized carbons (Fsp3) is 0.510. The topological polar surface area (TPSA) is 210 Å². The molecule has 4 fully saturated rings. The Bertz CT molecular complexity index is 2360. The lowest BCUT2D eigenvalue weighted by atomic mass is 10.0. The number of hydrogen-bond acceptors (Lipinski definition) is 12. The number of nitrogens with one attached hydrogen (secondary N) is 5. The van der Waals surface area contributed by atoms with E-state index < -0.39 is 5.91 Å². The number of urea groups is 1. The second-order valence-corrected chi connectivity index (χ2v) is 19.2. The molecule has 0 bridgehead atoms. The van der Waals surface area contributed by atoms with Crippen molar-refractivity contribution in [2.24, 2.45) is 0 Å². The van der Waals surface area contributed by atoms with Crippen LogP contribution >= 0.6 is 11.8 Å². The predicted molar refractivity (Wildman–Crippen MR) is 262 cm³/mol. The van der Waals surface area contributed by atoms with Crippen molar-refractivity contribution in [3.8, 4) is 17.9 Å². The van der Waals surface area contributed by atoms with Gasteiger partial charge in [0.1, 0.15) is 18.1 Å². The van der Waals surface area contributed by atoms with Gasteiger partial charge < -0.3 is 41.0 Å². The van der Waals surface area contributed by atoms with E-state index in [9.17, 15) is 28.4 Å². The summed E-state index contributed by atoms with van der Waals surface area (Å²) in [7, 11) is 0. The van der Waals surface area contributed by atoms with Gasteiger partial charge in [0, 0.05) is 95.2 Å². The van der Waals surface area contributed by atoms with Crippen LogP contribution in [0.1, 0.15) is 88.0 Å². The Kier molecular flexibility index (Phi) is 19.8. The van der Waals surface area contributed by atoms with E-state index in [1.54, 1.807) is 23.1 Å². The van der Waals surface area contributed by atoms with E-state index >= 15 is 0 Å². The Morgan fingerprint density at radius 2 is 1.56 bits per heavy atom. The van der Waals surface area contributed by atoms with E-state index in [4.69, 9.17) is 14.7 Å². The van der Waals surface area contributed by atoms with Crippen LogP contribution in [-0.2, 0) is 32.2 Å². The standard InChI is InChI=1S/C51H63FN10O7S/c52-41-14-12-38(13-15-41)33-61-22-24-62(25-23-61)50(66)40-29-39(47(56-31-40)49(65)57-42-16-20-60(21-17-42)32-37-10-8-36(30-53)9-11-37)5-3-18-55-46(64)34-69-28-27-68-26-4-19-54-45(63)7-2-1-6-44-48-43(35-70-44)58-51(67)59-48/h8-15,29,31,42-44,48H,1-2,4,6-7,16-28,32-35H2,(H,54,63)(H,55,64)(H,57,65)(H2,58,59,67)/t43-,44-,48-/m0/s1. The number of ether oxygens (including phenoxy) is 2. The van der Waals surface area contributed by atoms with Crippen LogP contribution in [-0.4, -0.2) is 157 Å². The molecule has 19 heteroatoms. The van der Waals surface area contributed by atoms with Gasteiger partial charge in [0.25, 0.3) is 11.8 Å². The summed E-state index contributed by atoms with van der Waals surface area (Å²) in [5.74, 6) is 5.55. The Labute approximate surface area is 413 Å². The summed E-state index contributed by atoms with van der Waals surface area (Å²) < 4.78 is 24.5. The van der Waals surface area contributed by atoms with E-state index in [0.29, 0.717) is 75.1 Å². The average Bonchev–Trinajstić information content (AvgIpc) is 3.93. The van der Waals surface area contributed by atoms with Crippen molar-refractivity contribution in [2.75, 3.05) is 84.5 Å². The van der Waals surface area contributed by atoms with Crippen LogP contribution in [0.3, 0.4) is 0 Å². The number of carbonyl (C=O) groups excluding carboxylic acids is 5. The van der Waals surface area contributed by atoms with Gasteiger partial charge in [-0.05, 0) is 73.6 Å². The number of thioether (sulfide) groups is 1. The second kappa shape index (κ2) is 26.8. The molecule has 70 heavy (non-hydrogen) atoms. The van der Waals surface area contributed by atoms with Crippen LogP contribution in [0.5, 0.6) is 0 Å². The van der Waals surface area contributed by atoms with Crippen molar-refractivity contribution in [1.29, 1.82) is 5.26 Å². The fourth-order valence-electron chi connectivity index (χ4n) is 8.91. The number of piperazine rings is 1. The van der Waals surface area contributed by atoms with E-state index in [2.05, 4.69) is 59.3 Å². The largest absolute Gasteiger partial charge is 0.379 e. The molecule has 372 valence electrons. The van der Waals surface area contributed by atoms with Crippen molar-refractivity contribution in [3.63, 3.8) is 0 Å². The number of piperidine rings is 1. The summed E-state index contributed by atoms with van der Waals surface area (Å²) in [6.45, 7) is 6.40. The quantitative estimate of drug-likeness (QED) is 0.0559. The van der Waals surface area contributed by atoms with Crippen LogP contribution in [0, 0.1) is 29.0 Å². The molecule has 0 unspecified atom stereocenters. The molecule has 17 nitrogen and oxygen atoms in total. The first-order valence-electron chi connectivity index (χ1n) is 24.2. The van der Waals surface area contributed by atoms with E-state index in [1.165, 1.54) is 18.3 Å². The van der Waals surface area contributed by atoms with Gasteiger partial charge in [0.2, 0.25) is 11.8 Å². The lowest BCUT2D eigenvalue weighted by Gasteiger charge is -2.34. The lowest BCUT2D eigenvalue weighted by Crippen LogP contribution is -2.48. The summed E-state index contributed by atoms with van der Waals surface area (Å²) in [5, 5.41) is 24.2. The zero-order valence-electron chi connectivity index (χ0n) is 39.5. The number of nitriles is 1. The van der Waals surface area contributed by atoms with Gasteiger partial charge in [0.15, 0.2) is 0 Å². The average molecular weight is 979 g/mol. The SMILES string of the molecule is N#Cc1ccc(CN2CCC(NC(=O)c3ncc(C(=O)N4CCN(Cc5ccc(F)cc5)CC4)cc3C#CCNC(=O)COCCOCCCNC(=O)CCCC[C@@H]3SC[C@@H]4NC(=O)N[C@@H]43)CC2)cc1. The molecule has 6 amide bonds. The van der Waals surface area contributed by atoms with Gasteiger partial charge in [-0.15, -0.1) is 0 Å². The number of nitrogens with zero attached hydrogens (tertiary/aromatic N) is 5. The van der Waals surface area contributed by atoms with Gasteiger partial charge in [-0.1, -0.05) is 42.5 Å². The fourth-order valence-corrected chi connectivity index (χ4v) is 10.5.